The minimum Gasteiger partial charge on any atom is -0.469 e. The highest BCUT2D eigenvalue weighted by atomic mass is 19.1. The van der Waals surface area contributed by atoms with Crippen LogP contribution in [0.1, 0.15) is 18.0 Å². The zero-order valence-corrected chi connectivity index (χ0v) is 9.05. The van der Waals surface area contributed by atoms with Crippen molar-refractivity contribution in [3.63, 3.8) is 0 Å². The average molecular weight is 242 g/mol. The Morgan fingerprint density at radius 2 is 2.29 bits per heavy atom. The van der Waals surface area contributed by atoms with Crippen LogP contribution in [0, 0.1) is 15.9 Å². The molecule has 0 radical (unpaired) electrons. The van der Waals surface area contributed by atoms with Gasteiger partial charge >= 0.3 is 5.97 Å². The van der Waals surface area contributed by atoms with Gasteiger partial charge < -0.3 is 10.5 Å². The van der Waals surface area contributed by atoms with Crippen molar-refractivity contribution in [2.24, 2.45) is 5.73 Å². The first-order chi connectivity index (χ1) is 7.95. The predicted octanol–water partition coefficient (Wildman–Crippen LogP) is 1.30. The van der Waals surface area contributed by atoms with Gasteiger partial charge in [-0.2, -0.15) is 0 Å². The van der Waals surface area contributed by atoms with Gasteiger partial charge in [0.2, 0.25) is 0 Å². The average Bonchev–Trinajstić information content (AvgIpc) is 2.28. The van der Waals surface area contributed by atoms with Crippen LogP contribution in [0.2, 0.25) is 0 Å². The Hall–Kier alpha value is -2.02. The van der Waals surface area contributed by atoms with Crippen molar-refractivity contribution in [1.82, 2.24) is 0 Å². The molecule has 0 heterocycles. The number of carbonyl (C=O) groups excluding carboxylic acids is 1. The summed E-state index contributed by atoms with van der Waals surface area (Å²) in [6.07, 6.45) is -0.205. The summed E-state index contributed by atoms with van der Waals surface area (Å²) in [4.78, 5) is 21.0. The second-order valence-corrected chi connectivity index (χ2v) is 3.35. The van der Waals surface area contributed by atoms with E-state index < -0.39 is 28.4 Å². The quantitative estimate of drug-likeness (QED) is 0.487. The first-order valence-electron chi connectivity index (χ1n) is 4.72. The lowest BCUT2D eigenvalue weighted by Crippen LogP contribution is -2.17. The van der Waals surface area contributed by atoms with Gasteiger partial charge in [0.15, 0.2) is 0 Å². The summed E-state index contributed by atoms with van der Waals surface area (Å²) in [5, 5.41) is 10.7. The van der Waals surface area contributed by atoms with Gasteiger partial charge in [-0.25, -0.2) is 4.39 Å². The number of halogens is 1. The molecule has 1 aromatic rings. The Bertz CT molecular complexity index is 450. The molecule has 7 heteroatoms. The van der Waals surface area contributed by atoms with Gasteiger partial charge in [0.05, 0.1) is 24.5 Å². The molecule has 0 amide bonds. The lowest BCUT2D eigenvalue weighted by atomic mass is 10.0. The van der Waals surface area contributed by atoms with E-state index in [0.717, 1.165) is 12.1 Å². The Morgan fingerprint density at radius 3 is 2.82 bits per heavy atom. The van der Waals surface area contributed by atoms with Gasteiger partial charge in [0.25, 0.3) is 5.69 Å². The van der Waals surface area contributed by atoms with E-state index >= 15 is 0 Å². The molecule has 0 unspecified atom stereocenters. The van der Waals surface area contributed by atoms with Crippen molar-refractivity contribution in [3.05, 3.63) is 39.7 Å². The maximum Gasteiger partial charge on any atom is 0.307 e. The topological polar surface area (TPSA) is 95.5 Å². The third-order valence-corrected chi connectivity index (χ3v) is 2.20. The molecule has 0 fully saturated rings. The minimum absolute atomic E-state index is 0.0989. The number of hydrogen-bond acceptors (Lipinski definition) is 5. The van der Waals surface area contributed by atoms with E-state index in [1.54, 1.807) is 0 Å². The van der Waals surface area contributed by atoms with Crippen molar-refractivity contribution in [1.29, 1.82) is 0 Å². The molecule has 1 atom stereocenters. The van der Waals surface area contributed by atoms with Crippen LogP contribution in [0.3, 0.4) is 0 Å². The van der Waals surface area contributed by atoms with Gasteiger partial charge in [0, 0.05) is 11.6 Å². The zero-order chi connectivity index (χ0) is 13.0. The molecule has 0 bridgehead atoms. The Kier molecular flexibility index (Phi) is 4.11. The number of nitro benzene ring substituents is 1. The molecule has 1 aromatic carbocycles. The number of carbonyl (C=O) groups is 1. The van der Waals surface area contributed by atoms with E-state index in [0.29, 0.717) is 0 Å². The lowest BCUT2D eigenvalue weighted by molar-refractivity contribution is -0.385. The van der Waals surface area contributed by atoms with Crippen LogP contribution in [-0.2, 0) is 9.53 Å². The first kappa shape index (κ1) is 13.0. The summed E-state index contributed by atoms with van der Waals surface area (Å²) in [6, 6.07) is 2.12. The number of methoxy groups -OCH3 is 1. The van der Waals surface area contributed by atoms with E-state index in [1.807, 2.05) is 0 Å². The molecule has 0 spiro atoms. The van der Waals surface area contributed by atoms with Crippen molar-refractivity contribution >= 4 is 11.7 Å². The summed E-state index contributed by atoms with van der Waals surface area (Å²) >= 11 is 0. The van der Waals surface area contributed by atoms with Crippen LogP contribution < -0.4 is 5.73 Å². The third kappa shape index (κ3) is 3.22. The summed E-state index contributed by atoms with van der Waals surface area (Å²) in [5.74, 6) is -1.32. The number of benzene rings is 1. The largest absolute Gasteiger partial charge is 0.469 e. The summed E-state index contributed by atoms with van der Waals surface area (Å²) in [5.41, 5.74) is 5.29. The highest BCUT2D eigenvalue weighted by molar-refractivity contribution is 5.70. The van der Waals surface area contributed by atoms with Gasteiger partial charge in [0.1, 0.15) is 5.82 Å². The molecule has 0 aliphatic rings. The fourth-order valence-electron chi connectivity index (χ4n) is 1.36. The lowest BCUT2D eigenvalue weighted by Gasteiger charge is -2.10. The fourth-order valence-corrected chi connectivity index (χ4v) is 1.36. The molecule has 1 rings (SSSR count). The normalized spacial score (nSPS) is 11.9. The number of nitrogens with two attached hydrogens (primary N) is 1. The van der Waals surface area contributed by atoms with Crippen LogP contribution in [0.4, 0.5) is 10.1 Å². The first-order valence-corrected chi connectivity index (χ1v) is 4.72. The van der Waals surface area contributed by atoms with Crippen LogP contribution in [-0.4, -0.2) is 18.0 Å². The second-order valence-electron chi connectivity index (χ2n) is 3.35. The van der Waals surface area contributed by atoms with E-state index in [2.05, 4.69) is 4.74 Å². The SMILES string of the molecule is COC(=O)C[C@@H](N)c1ccc(F)cc1[N+](=O)[O-]. The van der Waals surface area contributed by atoms with Crippen molar-refractivity contribution in [3.8, 4) is 0 Å². The van der Waals surface area contributed by atoms with E-state index in [9.17, 15) is 19.3 Å². The summed E-state index contributed by atoms with van der Waals surface area (Å²) in [6.45, 7) is 0. The second kappa shape index (κ2) is 5.35. The molecule has 0 saturated carbocycles. The van der Waals surface area contributed by atoms with E-state index in [1.165, 1.54) is 13.2 Å². The monoisotopic (exact) mass is 242 g/mol. The van der Waals surface area contributed by atoms with Crippen molar-refractivity contribution < 1.29 is 18.8 Å². The van der Waals surface area contributed by atoms with Gasteiger partial charge in [-0.15, -0.1) is 0 Å². The van der Waals surface area contributed by atoms with Crippen LogP contribution >= 0.6 is 0 Å². The Labute approximate surface area is 96.3 Å². The van der Waals surface area contributed by atoms with E-state index in [-0.39, 0.29) is 12.0 Å². The molecular formula is C10H11FN2O4. The number of hydrogen-bond donors (Lipinski definition) is 1. The van der Waals surface area contributed by atoms with E-state index in [4.69, 9.17) is 5.73 Å². The van der Waals surface area contributed by atoms with Gasteiger partial charge in [-0.3, -0.25) is 14.9 Å². The van der Waals surface area contributed by atoms with Crippen LogP contribution in [0.5, 0.6) is 0 Å². The zero-order valence-electron chi connectivity index (χ0n) is 9.05. The van der Waals surface area contributed by atoms with Crippen molar-refractivity contribution in [2.75, 3.05) is 7.11 Å². The van der Waals surface area contributed by atoms with Crippen LogP contribution in [0.15, 0.2) is 18.2 Å². The van der Waals surface area contributed by atoms with Gasteiger partial charge in [-0.1, -0.05) is 0 Å². The summed E-state index contributed by atoms with van der Waals surface area (Å²) < 4.78 is 17.3. The molecule has 17 heavy (non-hydrogen) atoms. The van der Waals surface area contributed by atoms with Crippen molar-refractivity contribution in [2.45, 2.75) is 12.5 Å². The minimum atomic E-state index is -0.900. The molecule has 92 valence electrons. The molecule has 0 aliphatic heterocycles. The van der Waals surface area contributed by atoms with Crippen LogP contribution in [0.25, 0.3) is 0 Å². The standard InChI is InChI=1S/C10H11FN2O4/c1-17-10(14)5-8(12)7-3-2-6(11)4-9(7)13(15)16/h2-4,8H,5,12H2,1H3/t8-/m1/s1. The predicted molar refractivity (Wildman–Crippen MR) is 56.6 cm³/mol. The maximum absolute atomic E-state index is 12.9. The maximum atomic E-state index is 12.9. The third-order valence-electron chi connectivity index (χ3n) is 2.20. The molecule has 0 aliphatic carbocycles. The smallest absolute Gasteiger partial charge is 0.307 e. The molecular weight excluding hydrogens is 231 g/mol. The Morgan fingerprint density at radius 1 is 1.65 bits per heavy atom. The highest BCUT2D eigenvalue weighted by Gasteiger charge is 2.22. The molecule has 6 nitrogen and oxygen atoms in total. The fraction of sp³-hybridized carbons (Fsp3) is 0.300. The molecule has 0 aromatic heterocycles. The number of nitro groups is 1. The molecule has 2 N–H and O–H groups in total. The molecule has 0 saturated heterocycles. The number of nitrogens with zero attached hydrogens (tertiary/aromatic N) is 1. The number of ether oxygens (including phenoxy) is 1. The number of rotatable bonds is 4. The van der Waals surface area contributed by atoms with Gasteiger partial charge in [-0.05, 0) is 12.1 Å². The Balaban J connectivity index is 3.04. The number of esters is 1. The summed E-state index contributed by atoms with van der Waals surface area (Å²) in [7, 11) is 1.19. The highest BCUT2D eigenvalue weighted by Crippen LogP contribution is 2.26.